The molecule has 4 rings (SSSR count). The average molecular weight is 390 g/mol. The summed E-state index contributed by atoms with van der Waals surface area (Å²) in [7, 11) is 1.59. The third kappa shape index (κ3) is 4.01. The van der Waals surface area contributed by atoms with Gasteiger partial charge in [0, 0.05) is 11.8 Å². The Morgan fingerprint density at radius 1 is 1.14 bits per heavy atom. The van der Waals surface area contributed by atoms with E-state index in [0.717, 1.165) is 11.3 Å². The maximum Gasteiger partial charge on any atom is 0.342 e. The van der Waals surface area contributed by atoms with E-state index < -0.39 is 5.97 Å². The SMILES string of the molecule is COc1cccc(-c2nn(-c3ccccc3)cc2C(=O)OCc2nc(C)no2)c1. The van der Waals surface area contributed by atoms with Crippen molar-refractivity contribution in [2.45, 2.75) is 13.5 Å². The molecular formula is C21H18N4O4. The van der Waals surface area contributed by atoms with Crippen LogP contribution in [0.5, 0.6) is 5.75 Å². The molecule has 0 N–H and O–H groups in total. The first-order valence-corrected chi connectivity index (χ1v) is 8.90. The number of carbonyl (C=O) groups is 1. The molecule has 0 fully saturated rings. The van der Waals surface area contributed by atoms with Crippen molar-refractivity contribution < 1.29 is 18.8 Å². The van der Waals surface area contributed by atoms with Crippen molar-refractivity contribution in [2.24, 2.45) is 0 Å². The molecule has 4 aromatic rings. The molecule has 0 saturated carbocycles. The maximum atomic E-state index is 12.8. The van der Waals surface area contributed by atoms with Crippen molar-refractivity contribution in [3.63, 3.8) is 0 Å². The van der Waals surface area contributed by atoms with Gasteiger partial charge in [-0.05, 0) is 31.2 Å². The lowest BCUT2D eigenvalue weighted by Crippen LogP contribution is -2.06. The van der Waals surface area contributed by atoms with E-state index in [1.165, 1.54) is 0 Å². The Kier molecular flexibility index (Phi) is 5.07. The van der Waals surface area contributed by atoms with Crippen LogP contribution in [0.3, 0.4) is 0 Å². The van der Waals surface area contributed by atoms with Crippen LogP contribution in [0.2, 0.25) is 0 Å². The maximum absolute atomic E-state index is 12.8. The van der Waals surface area contributed by atoms with Crippen LogP contribution in [0.1, 0.15) is 22.1 Å². The van der Waals surface area contributed by atoms with E-state index in [1.807, 2.05) is 54.6 Å². The van der Waals surface area contributed by atoms with Gasteiger partial charge in [0.05, 0.1) is 12.8 Å². The van der Waals surface area contributed by atoms with Gasteiger partial charge in [-0.2, -0.15) is 10.1 Å². The highest BCUT2D eigenvalue weighted by Crippen LogP contribution is 2.27. The summed E-state index contributed by atoms with van der Waals surface area (Å²) in [5.41, 5.74) is 2.36. The molecule has 29 heavy (non-hydrogen) atoms. The number of ether oxygens (including phenoxy) is 2. The van der Waals surface area contributed by atoms with Crippen molar-refractivity contribution in [3.05, 3.63) is 78.1 Å². The minimum atomic E-state index is -0.541. The molecule has 0 unspecified atom stereocenters. The number of rotatable bonds is 6. The van der Waals surface area contributed by atoms with Crippen molar-refractivity contribution >= 4 is 5.97 Å². The minimum absolute atomic E-state index is 0.117. The van der Waals surface area contributed by atoms with Gasteiger partial charge in [-0.25, -0.2) is 9.48 Å². The molecule has 0 spiro atoms. The fraction of sp³-hybridized carbons (Fsp3) is 0.143. The molecule has 0 amide bonds. The fourth-order valence-electron chi connectivity index (χ4n) is 2.82. The van der Waals surface area contributed by atoms with Gasteiger partial charge in [-0.15, -0.1) is 0 Å². The van der Waals surface area contributed by atoms with Crippen molar-refractivity contribution in [3.8, 4) is 22.7 Å². The molecule has 0 saturated heterocycles. The summed E-state index contributed by atoms with van der Waals surface area (Å²) in [5.74, 6) is 0.831. The molecule has 0 radical (unpaired) electrons. The van der Waals surface area contributed by atoms with Crippen molar-refractivity contribution in [2.75, 3.05) is 7.11 Å². The summed E-state index contributed by atoms with van der Waals surface area (Å²) in [6.07, 6.45) is 1.64. The monoisotopic (exact) mass is 390 g/mol. The number of benzene rings is 2. The molecule has 2 heterocycles. The topological polar surface area (TPSA) is 92.3 Å². The number of aromatic nitrogens is 4. The van der Waals surface area contributed by atoms with Gasteiger partial charge in [-0.3, -0.25) is 0 Å². The molecule has 146 valence electrons. The van der Waals surface area contributed by atoms with Crippen LogP contribution in [0.15, 0.2) is 65.3 Å². The molecule has 8 heteroatoms. The zero-order valence-electron chi connectivity index (χ0n) is 15.9. The van der Waals surface area contributed by atoms with Crippen LogP contribution >= 0.6 is 0 Å². The lowest BCUT2D eigenvalue weighted by molar-refractivity contribution is 0.0430. The van der Waals surface area contributed by atoms with E-state index in [1.54, 1.807) is 24.9 Å². The number of carbonyl (C=O) groups excluding carboxylic acids is 1. The van der Waals surface area contributed by atoms with Crippen LogP contribution in [0.25, 0.3) is 16.9 Å². The molecule has 8 nitrogen and oxygen atoms in total. The molecule has 0 aliphatic rings. The predicted molar refractivity (Wildman–Crippen MR) is 104 cm³/mol. The first-order chi connectivity index (χ1) is 14.1. The second-order valence-electron chi connectivity index (χ2n) is 6.21. The van der Waals surface area contributed by atoms with E-state index in [-0.39, 0.29) is 12.5 Å². The molecule has 0 atom stereocenters. The highest BCUT2D eigenvalue weighted by atomic mass is 16.6. The number of hydrogen-bond acceptors (Lipinski definition) is 7. The second kappa shape index (κ2) is 7.97. The number of methoxy groups -OCH3 is 1. The molecular weight excluding hydrogens is 372 g/mol. The Morgan fingerprint density at radius 2 is 1.97 bits per heavy atom. The number of aryl methyl sites for hydroxylation is 1. The Morgan fingerprint density at radius 3 is 2.69 bits per heavy atom. The Bertz CT molecular complexity index is 1130. The van der Waals surface area contributed by atoms with Crippen LogP contribution in [-0.4, -0.2) is 33.0 Å². The summed E-state index contributed by atoms with van der Waals surface area (Å²) in [6, 6.07) is 16.9. The highest BCUT2D eigenvalue weighted by Gasteiger charge is 2.21. The standard InChI is InChI=1S/C21H18N4O4/c1-14-22-19(29-24-14)13-28-21(26)18-12-25(16-8-4-3-5-9-16)23-20(18)15-7-6-10-17(11-15)27-2/h3-12H,13H2,1-2H3. The molecule has 0 aliphatic carbocycles. The summed E-state index contributed by atoms with van der Waals surface area (Å²) < 4.78 is 17.3. The van der Waals surface area contributed by atoms with Gasteiger partial charge in [0.15, 0.2) is 12.4 Å². The van der Waals surface area contributed by atoms with Gasteiger partial charge < -0.3 is 14.0 Å². The third-order valence-electron chi connectivity index (χ3n) is 4.19. The quantitative estimate of drug-likeness (QED) is 0.465. The smallest absolute Gasteiger partial charge is 0.342 e. The zero-order valence-corrected chi connectivity index (χ0v) is 15.9. The summed E-state index contributed by atoms with van der Waals surface area (Å²) in [6.45, 7) is 1.58. The van der Waals surface area contributed by atoms with Gasteiger partial charge in [0.2, 0.25) is 0 Å². The first kappa shape index (κ1) is 18.4. The Balaban J connectivity index is 1.70. The van der Waals surface area contributed by atoms with Crippen molar-refractivity contribution in [1.82, 2.24) is 19.9 Å². The van der Waals surface area contributed by atoms with Gasteiger partial charge >= 0.3 is 5.97 Å². The molecule has 0 aliphatic heterocycles. The molecule has 0 bridgehead atoms. The predicted octanol–water partition coefficient (Wildman–Crippen LogP) is 3.60. The summed E-state index contributed by atoms with van der Waals surface area (Å²) >= 11 is 0. The highest BCUT2D eigenvalue weighted by molar-refractivity contribution is 5.96. The van der Waals surface area contributed by atoms with E-state index in [0.29, 0.717) is 22.8 Å². The molecule has 2 aromatic carbocycles. The van der Waals surface area contributed by atoms with E-state index in [2.05, 4.69) is 15.2 Å². The largest absolute Gasteiger partial charge is 0.497 e. The Labute approximate surface area is 166 Å². The molecule has 2 aromatic heterocycles. The van der Waals surface area contributed by atoms with Crippen LogP contribution < -0.4 is 4.74 Å². The van der Waals surface area contributed by atoms with Gasteiger partial charge in [0.25, 0.3) is 5.89 Å². The van der Waals surface area contributed by atoms with E-state index >= 15 is 0 Å². The van der Waals surface area contributed by atoms with Crippen LogP contribution in [-0.2, 0) is 11.3 Å². The van der Waals surface area contributed by atoms with Crippen molar-refractivity contribution in [1.29, 1.82) is 0 Å². The van der Waals surface area contributed by atoms with Crippen LogP contribution in [0, 0.1) is 6.92 Å². The zero-order chi connectivity index (χ0) is 20.2. The second-order valence-corrected chi connectivity index (χ2v) is 6.21. The number of para-hydroxylation sites is 1. The average Bonchev–Trinajstić information content (AvgIpc) is 3.39. The number of hydrogen-bond donors (Lipinski definition) is 0. The van der Waals surface area contributed by atoms with E-state index in [4.69, 9.17) is 14.0 Å². The van der Waals surface area contributed by atoms with Crippen LogP contribution in [0.4, 0.5) is 0 Å². The first-order valence-electron chi connectivity index (χ1n) is 8.90. The summed E-state index contributed by atoms with van der Waals surface area (Å²) in [4.78, 5) is 16.9. The summed E-state index contributed by atoms with van der Waals surface area (Å²) in [5, 5.41) is 8.30. The third-order valence-corrected chi connectivity index (χ3v) is 4.19. The normalized spacial score (nSPS) is 10.7. The lowest BCUT2D eigenvalue weighted by Gasteiger charge is -2.05. The van der Waals surface area contributed by atoms with Gasteiger partial charge in [0.1, 0.15) is 17.0 Å². The Hall–Kier alpha value is -3.94. The number of nitrogens with zero attached hydrogens (tertiary/aromatic N) is 4. The fourth-order valence-corrected chi connectivity index (χ4v) is 2.82. The minimum Gasteiger partial charge on any atom is -0.497 e. The van der Waals surface area contributed by atoms with Gasteiger partial charge in [-0.1, -0.05) is 35.5 Å². The lowest BCUT2D eigenvalue weighted by atomic mass is 10.1. The number of esters is 1. The van der Waals surface area contributed by atoms with E-state index in [9.17, 15) is 4.79 Å².